The van der Waals surface area contributed by atoms with Crippen molar-refractivity contribution >= 4 is 21.6 Å². The third-order valence-corrected chi connectivity index (χ3v) is 6.89. The Morgan fingerprint density at radius 1 is 1.00 bits per heavy atom. The standard InChI is InChI=1S/C19H18ClFN4O3S/c20-15-7-5-14(6-8-15)19-23-22-18(28-19)13-24-9-11-25(12-10-24)29(26,27)17-4-2-1-3-16(17)21/h1-8H,9-13H2. The minimum Gasteiger partial charge on any atom is -0.419 e. The second-order valence-corrected chi connectivity index (χ2v) is 8.96. The summed E-state index contributed by atoms with van der Waals surface area (Å²) < 4.78 is 46.3. The summed E-state index contributed by atoms with van der Waals surface area (Å²) in [4.78, 5) is 1.73. The van der Waals surface area contributed by atoms with Crippen molar-refractivity contribution in [3.05, 3.63) is 65.3 Å². The number of hydrogen-bond donors (Lipinski definition) is 0. The van der Waals surface area contributed by atoms with E-state index in [0.29, 0.717) is 36.4 Å². The minimum absolute atomic E-state index is 0.259. The quantitative estimate of drug-likeness (QED) is 0.611. The van der Waals surface area contributed by atoms with Crippen molar-refractivity contribution in [2.75, 3.05) is 26.2 Å². The highest BCUT2D eigenvalue weighted by Gasteiger charge is 2.30. The number of nitrogens with zero attached hydrogens (tertiary/aromatic N) is 4. The molecule has 2 heterocycles. The number of halogens is 2. The SMILES string of the molecule is O=S(=O)(c1ccccc1F)N1CCN(Cc2nnc(-c3ccc(Cl)cc3)o2)CC1. The molecular weight excluding hydrogens is 419 g/mol. The van der Waals surface area contributed by atoms with Gasteiger partial charge in [-0.3, -0.25) is 4.90 Å². The predicted octanol–water partition coefficient (Wildman–Crippen LogP) is 3.04. The van der Waals surface area contributed by atoms with Crippen molar-refractivity contribution in [3.8, 4) is 11.5 Å². The predicted molar refractivity (Wildman–Crippen MR) is 105 cm³/mol. The van der Waals surface area contributed by atoms with Crippen LogP contribution < -0.4 is 0 Å². The molecule has 1 aliphatic heterocycles. The maximum atomic E-state index is 13.9. The molecule has 0 bridgehead atoms. The first-order valence-electron chi connectivity index (χ1n) is 8.99. The van der Waals surface area contributed by atoms with Crippen LogP contribution in [0.1, 0.15) is 5.89 Å². The van der Waals surface area contributed by atoms with E-state index in [1.807, 2.05) is 4.90 Å². The largest absolute Gasteiger partial charge is 0.419 e. The zero-order valence-corrected chi connectivity index (χ0v) is 16.9. The van der Waals surface area contributed by atoms with Crippen molar-refractivity contribution in [2.24, 2.45) is 0 Å². The van der Waals surface area contributed by atoms with Crippen LogP contribution in [0.3, 0.4) is 0 Å². The smallest absolute Gasteiger partial charge is 0.247 e. The first-order chi connectivity index (χ1) is 13.9. The highest BCUT2D eigenvalue weighted by Crippen LogP contribution is 2.23. The Hall–Kier alpha value is -2.33. The van der Waals surface area contributed by atoms with Gasteiger partial charge < -0.3 is 4.42 Å². The molecule has 2 aromatic carbocycles. The van der Waals surface area contributed by atoms with Crippen LogP contribution in [0, 0.1) is 5.82 Å². The lowest BCUT2D eigenvalue weighted by Gasteiger charge is -2.33. The van der Waals surface area contributed by atoms with Crippen molar-refractivity contribution in [3.63, 3.8) is 0 Å². The molecule has 1 aromatic heterocycles. The van der Waals surface area contributed by atoms with E-state index in [2.05, 4.69) is 10.2 Å². The lowest BCUT2D eigenvalue weighted by atomic mass is 10.2. The molecule has 0 amide bonds. The minimum atomic E-state index is -3.85. The number of aromatic nitrogens is 2. The van der Waals surface area contributed by atoms with Crippen molar-refractivity contribution in [1.82, 2.24) is 19.4 Å². The zero-order chi connectivity index (χ0) is 20.4. The Labute approximate surface area is 172 Å². The molecule has 1 fully saturated rings. The summed E-state index contributed by atoms with van der Waals surface area (Å²) in [6.45, 7) is 1.89. The lowest BCUT2D eigenvalue weighted by molar-refractivity contribution is 0.168. The van der Waals surface area contributed by atoms with E-state index in [0.717, 1.165) is 11.6 Å². The summed E-state index contributed by atoms with van der Waals surface area (Å²) >= 11 is 5.88. The summed E-state index contributed by atoms with van der Waals surface area (Å²) in [7, 11) is -3.85. The molecular formula is C19H18ClFN4O3S. The molecule has 0 radical (unpaired) electrons. The van der Waals surface area contributed by atoms with Gasteiger partial charge in [0.05, 0.1) is 6.54 Å². The fourth-order valence-electron chi connectivity index (χ4n) is 3.14. The maximum Gasteiger partial charge on any atom is 0.247 e. The third-order valence-electron chi connectivity index (χ3n) is 4.70. The first kappa shape index (κ1) is 20.0. The number of hydrogen-bond acceptors (Lipinski definition) is 6. The van der Waals surface area contributed by atoms with Gasteiger partial charge in [0.15, 0.2) is 0 Å². The maximum absolute atomic E-state index is 13.9. The van der Waals surface area contributed by atoms with Gasteiger partial charge in [-0.05, 0) is 36.4 Å². The molecule has 0 atom stereocenters. The molecule has 152 valence electrons. The topological polar surface area (TPSA) is 79.5 Å². The van der Waals surface area contributed by atoms with Crippen LogP contribution in [-0.2, 0) is 16.6 Å². The van der Waals surface area contributed by atoms with E-state index in [9.17, 15) is 12.8 Å². The van der Waals surface area contributed by atoms with Gasteiger partial charge >= 0.3 is 0 Å². The third kappa shape index (κ3) is 4.32. The fourth-order valence-corrected chi connectivity index (χ4v) is 4.75. The Balaban J connectivity index is 1.38. The average Bonchev–Trinajstić information content (AvgIpc) is 3.17. The molecule has 0 N–H and O–H groups in total. The van der Waals surface area contributed by atoms with Crippen LogP contribution in [0.25, 0.3) is 11.5 Å². The molecule has 29 heavy (non-hydrogen) atoms. The van der Waals surface area contributed by atoms with Crippen molar-refractivity contribution < 1.29 is 17.2 Å². The molecule has 4 rings (SSSR count). The van der Waals surface area contributed by atoms with Crippen molar-refractivity contribution in [1.29, 1.82) is 0 Å². The van der Waals surface area contributed by atoms with Gasteiger partial charge in [0.2, 0.25) is 21.8 Å². The zero-order valence-electron chi connectivity index (χ0n) is 15.3. The van der Waals surface area contributed by atoms with Crippen LogP contribution in [-0.4, -0.2) is 54.0 Å². The first-order valence-corrected chi connectivity index (χ1v) is 10.8. The lowest BCUT2D eigenvalue weighted by Crippen LogP contribution is -2.48. The van der Waals surface area contributed by atoms with E-state index in [-0.39, 0.29) is 18.0 Å². The summed E-state index contributed by atoms with van der Waals surface area (Å²) in [5, 5.41) is 8.74. The van der Waals surface area contributed by atoms with Gasteiger partial charge in [0, 0.05) is 36.8 Å². The monoisotopic (exact) mass is 436 g/mol. The molecule has 0 aliphatic carbocycles. The molecule has 0 saturated carbocycles. The molecule has 0 unspecified atom stereocenters. The second kappa shape index (κ2) is 8.19. The molecule has 1 saturated heterocycles. The average molecular weight is 437 g/mol. The summed E-state index contributed by atoms with van der Waals surface area (Å²) in [6.07, 6.45) is 0. The van der Waals surface area contributed by atoms with Crippen LogP contribution in [0.15, 0.2) is 57.8 Å². The highest BCUT2D eigenvalue weighted by atomic mass is 35.5. The van der Waals surface area contributed by atoms with E-state index in [1.54, 1.807) is 24.3 Å². The van der Waals surface area contributed by atoms with Crippen LogP contribution >= 0.6 is 11.6 Å². The van der Waals surface area contributed by atoms with E-state index in [1.165, 1.54) is 22.5 Å². The molecule has 0 spiro atoms. The fraction of sp³-hybridized carbons (Fsp3) is 0.263. The number of rotatable bonds is 5. The normalized spacial score (nSPS) is 16.2. The van der Waals surface area contributed by atoms with Gasteiger partial charge in [-0.1, -0.05) is 23.7 Å². The summed E-state index contributed by atoms with van der Waals surface area (Å²) in [5.41, 5.74) is 0.772. The molecule has 1 aliphatic rings. The Kier molecular flexibility index (Phi) is 5.64. The van der Waals surface area contributed by atoms with Gasteiger partial charge in [-0.2, -0.15) is 4.31 Å². The second-order valence-electron chi connectivity index (χ2n) is 6.62. The molecule has 10 heteroatoms. The van der Waals surface area contributed by atoms with Crippen molar-refractivity contribution in [2.45, 2.75) is 11.4 Å². The summed E-state index contributed by atoms with van der Waals surface area (Å²) in [6, 6.07) is 12.5. The number of piperazine rings is 1. The number of benzene rings is 2. The Morgan fingerprint density at radius 3 is 2.38 bits per heavy atom. The van der Waals surface area contributed by atoms with Gasteiger partial charge in [0.25, 0.3) is 0 Å². The van der Waals surface area contributed by atoms with E-state index in [4.69, 9.17) is 16.0 Å². The van der Waals surface area contributed by atoms with Crippen LogP contribution in [0.5, 0.6) is 0 Å². The van der Waals surface area contributed by atoms with Gasteiger partial charge in [-0.25, -0.2) is 12.8 Å². The van der Waals surface area contributed by atoms with E-state index >= 15 is 0 Å². The molecule has 7 nitrogen and oxygen atoms in total. The summed E-state index contributed by atoms with van der Waals surface area (Å²) in [5.74, 6) is 0.105. The van der Waals surface area contributed by atoms with Crippen LogP contribution in [0.2, 0.25) is 5.02 Å². The Morgan fingerprint density at radius 2 is 1.69 bits per heavy atom. The van der Waals surface area contributed by atoms with Crippen LogP contribution in [0.4, 0.5) is 4.39 Å². The van der Waals surface area contributed by atoms with Gasteiger partial charge in [-0.15, -0.1) is 10.2 Å². The van der Waals surface area contributed by atoms with Gasteiger partial charge in [0.1, 0.15) is 10.7 Å². The highest BCUT2D eigenvalue weighted by molar-refractivity contribution is 7.89. The van der Waals surface area contributed by atoms with E-state index < -0.39 is 15.8 Å². The number of sulfonamides is 1. The molecule has 3 aromatic rings. The Bertz CT molecular complexity index is 1100.